The number of methoxy groups -OCH3 is 1. The SMILES string of the molecule is CCOc1cncc(C(O)c2ccc(OC)c(Br)c2)c1. The Hall–Kier alpha value is -1.59. The highest BCUT2D eigenvalue weighted by atomic mass is 79.9. The number of rotatable bonds is 5. The number of aliphatic hydroxyl groups excluding tert-OH is 1. The molecule has 0 radical (unpaired) electrons. The van der Waals surface area contributed by atoms with Crippen LogP contribution in [0.3, 0.4) is 0 Å². The van der Waals surface area contributed by atoms with E-state index in [1.807, 2.05) is 25.1 Å². The van der Waals surface area contributed by atoms with Crippen LogP contribution in [0.1, 0.15) is 24.2 Å². The fourth-order valence-electron chi connectivity index (χ4n) is 1.88. The first-order valence-corrected chi connectivity index (χ1v) is 7.04. The third kappa shape index (κ3) is 3.29. The molecule has 0 spiro atoms. The molecule has 106 valence electrons. The molecule has 0 bridgehead atoms. The lowest BCUT2D eigenvalue weighted by molar-refractivity contribution is 0.218. The van der Waals surface area contributed by atoms with Crippen molar-refractivity contribution in [3.8, 4) is 11.5 Å². The van der Waals surface area contributed by atoms with E-state index in [4.69, 9.17) is 9.47 Å². The van der Waals surface area contributed by atoms with Crippen LogP contribution in [0.25, 0.3) is 0 Å². The van der Waals surface area contributed by atoms with Gasteiger partial charge in [-0.05, 0) is 46.6 Å². The van der Waals surface area contributed by atoms with Gasteiger partial charge < -0.3 is 14.6 Å². The van der Waals surface area contributed by atoms with Crippen molar-refractivity contribution >= 4 is 15.9 Å². The first kappa shape index (κ1) is 14.8. The quantitative estimate of drug-likeness (QED) is 0.909. The van der Waals surface area contributed by atoms with Crippen LogP contribution in [0.2, 0.25) is 0 Å². The van der Waals surface area contributed by atoms with Crippen molar-refractivity contribution in [1.29, 1.82) is 0 Å². The van der Waals surface area contributed by atoms with E-state index in [2.05, 4.69) is 20.9 Å². The average Bonchev–Trinajstić information content (AvgIpc) is 2.47. The Balaban J connectivity index is 2.28. The van der Waals surface area contributed by atoms with Crippen LogP contribution in [0.4, 0.5) is 0 Å². The molecule has 0 aliphatic rings. The molecule has 2 aromatic rings. The summed E-state index contributed by atoms with van der Waals surface area (Å²) in [7, 11) is 1.60. The number of aliphatic hydroxyl groups is 1. The molecule has 4 nitrogen and oxygen atoms in total. The Morgan fingerprint density at radius 1 is 1.25 bits per heavy atom. The summed E-state index contributed by atoms with van der Waals surface area (Å²) >= 11 is 3.41. The van der Waals surface area contributed by atoms with Crippen molar-refractivity contribution in [1.82, 2.24) is 4.98 Å². The minimum atomic E-state index is -0.759. The molecule has 0 aliphatic heterocycles. The van der Waals surface area contributed by atoms with Crippen molar-refractivity contribution in [2.45, 2.75) is 13.0 Å². The second-order valence-electron chi connectivity index (χ2n) is 4.18. The topological polar surface area (TPSA) is 51.6 Å². The zero-order valence-electron chi connectivity index (χ0n) is 11.3. The van der Waals surface area contributed by atoms with Crippen molar-refractivity contribution < 1.29 is 14.6 Å². The van der Waals surface area contributed by atoms with Gasteiger partial charge in [0, 0.05) is 11.8 Å². The summed E-state index contributed by atoms with van der Waals surface area (Å²) in [5.41, 5.74) is 1.45. The van der Waals surface area contributed by atoms with Gasteiger partial charge in [0.15, 0.2) is 0 Å². The van der Waals surface area contributed by atoms with E-state index >= 15 is 0 Å². The summed E-state index contributed by atoms with van der Waals surface area (Å²) in [6.07, 6.45) is 2.50. The molecule has 0 aliphatic carbocycles. The highest BCUT2D eigenvalue weighted by Gasteiger charge is 2.13. The maximum atomic E-state index is 10.4. The van der Waals surface area contributed by atoms with Crippen molar-refractivity contribution in [2.24, 2.45) is 0 Å². The van der Waals surface area contributed by atoms with Crippen molar-refractivity contribution in [3.63, 3.8) is 0 Å². The van der Waals surface area contributed by atoms with Crippen LogP contribution in [-0.4, -0.2) is 23.8 Å². The third-order valence-corrected chi connectivity index (χ3v) is 3.47. The van der Waals surface area contributed by atoms with Crippen LogP contribution in [0.5, 0.6) is 11.5 Å². The highest BCUT2D eigenvalue weighted by molar-refractivity contribution is 9.10. The molecule has 1 heterocycles. The number of hydrogen-bond donors (Lipinski definition) is 1. The first-order chi connectivity index (χ1) is 9.65. The molecule has 1 N–H and O–H groups in total. The van der Waals surface area contributed by atoms with Crippen LogP contribution in [0.15, 0.2) is 41.1 Å². The van der Waals surface area contributed by atoms with Gasteiger partial charge >= 0.3 is 0 Å². The van der Waals surface area contributed by atoms with Crippen LogP contribution < -0.4 is 9.47 Å². The lowest BCUT2D eigenvalue weighted by Gasteiger charge is -2.14. The predicted octanol–water partition coefficient (Wildman–Crippen LogP) is 3.33. The molecule has 0 saturated heterocycles. The Bertz CT molecular complexity index is 589. The molecule has 0 fully saturated rings. The van der Waals surface area contributed by atoms with Gasteiger partial charge in [-0.1, -0.05) is 6.07 Å². The number of aromatic nitrogens is 1. The fraction of sp³-hybridized carbons (Fsp3) is 0.267. The van der Waals surface area contributed by atoms with Gasteiger partial charge in [0.1, 0.15) is 17.6 Å². The average molecular weight is 338 g/mol. The zero-order valence-corrected chi connectivity index (χ0v) is 12.9. The van der Waals surface area contributed by atoms with Crippen molar-refractivity contribution in [3.05, 3.63) is 52.3 Å². The molecular formula is C15H16BrNO3. The van der Waals surface area contributed by atoms with Gasteiger partial charge in [0.25, 0.3) is 0 Å². The molecule has 0 amide bonds. The molecule has 1 aromatic carbocycles. The van der Waals surface area contributed by atoms with E-state index in [1.165, 1.54) is 0 Å². The predicted molar refractivity (Wildman–Crippen MR) is 80.2 cm³/mol. The molecular weight excluding hydrogens is 322 g/mol. The minimum Gasteiger partial charge on any atom is -0.496 e. The third-order valence-electron chi connectivity index (χ3n) is 2.85. The summed E-state index contributed by atoms with van der Waals surface area (Å²) in [6.45, 7) is 2.47. The molecule has 5 heteroatoms. The minimum absolute atomic E-state index is 0.565. The van der Waals surface area contributed by atoms with Crippen LogP contribution in [0, 0.1) is 0 Å². The van der Waals surface area contributed by atoms with Gasteiger partial charge in [0.05, 0.1) is 24.4 Å². The standard InChI is InChI=1S/C15H16BrNO3/c1-3-20-12-6-11(8-17-9-12)15(18)10-4-5-14(19-2)13(16)7-10/h4-9,15,18H,3H2,1-2H3. The summed E-state index contributed by atoms with van der Waals surface area (Å²) in [4.78, 5) is 4.08. The summed E-state index contributed by atoms with van der Waals surface area (Å²) < 4.78 is 11.4. The van der Waals surface area contributed by atoms with E-state index < -0.39 is 6.10 Å². The van der Waals surface area contributed by atoms with Crippen LogP contribution in [-0.2, 0) is 0 Å². The van der Waals surface area contributed by atoms with Crippen molar-refractivity contribution in [2.75, 3.05) is 13.7 Å². The Labute approximate surface area is 126 Å². The number of halogens is 1. The van der Waals surface area contributed by atoms with E-state index in [0.717, 1.165) is 15.8 Å². The lowest BCUT2D eigenvalue weighted by atomic mass is 10.0. The molecule has 0 saturated carbocycles. The number of benzene rings is 1. The maximum absolute atomic E-state index is 10.4. The lowest BCUT2D eigenvalue weighted by Crippen LogP contribution is -2.02. The molecule has 20 heavy (non-hydrogen) atoms. The fourth-order valence-corrected chi connectivity index (χ4v) is 2.43. The normalized spacial score (nSPS) is 12.0. The van der Waals surface area contributed by atoms with Gasteiger partial charge in [-0.3, -0.25) is 4.98 Å². The number of ether oxygens (including phenoxy) is 2. The van der Waals surface area contributed by atoms with Gasteiger partial charge in [-0.2, -0.15) is 0 Å². The number of nitrogens with zero attached hydrogens (tertiary/aromatic N) is 1. The van der Waals surface area contributed by atoms with Crippen LogP contribution >= 0.6 is 15.9 Å². The monoisotopic (exact) mass is 337 g/mol. The van der Waals surface area contributed by atoms with E-state index in [0.29, 0.717) is 17.9 Å². The Morgan fingerprint density at radius 3 is 2.70 bits per heavy atom. The smallest absolute Gasteiger partial charge is 0.137 e. The first-order valence-electron chi connectivity index (χ1n) is 6.25. The zero-order chi connectivity index (χ0) is 14.5. The summed E-state index contributed by atoms with van der Waals surface area (Å²) in [5.74, 6) is 1.37. The molecule has 1 atom stereocenters. The molecule has 1 unspecified atom stereocenters. The van der Waals surface area contributed by atoms with E-state index in [1.54, 1.807) is 25.6 Å². The molecule has 2 rings (SSSR count). The van der Waals surface area contributed by atoms with E-state index in [-0.39, 0.29) is 0 Å². The summed E-state index contributed by atoms with van der Waals surface area (Å²) in [6, 6.07) is 7.25. The van der Waals surface area contributed by atoms with Gasteiger partial charge in [0.2, 0.25) is 0 Å². The Kier molecular flexibility index (Phi) is 4.98. The second-order valence-corrected chi connectivity index (χ2v) is 5.04. The largest absolute Gasteiger partial charge is 0.496 e. The highest BCUT2D eigenvalue weighted by Crippen LogP contribution is 2.31. The van der Waals surface area contributed by atoms with Gasteiger partial charge in [-0.15, -0.1) is 0 Å². The van der Waals surface area contributed by atoms with E-state index in [9.17, 15) is 5.11 Å². The molecule has 1 aromatic heterocycles. The van der Waals surface area contributed by atoms with Gasteiger partial charge in [-0.25, -0.2) is 0 Å². The maximum Gasteiger partial charge on any atom is 0.137 e. The number of pyridine rings is 1. The Morgan fingerprint density at radius 2 is 2.05 bits per heavy atom. The second kappa shape index (κ2) is 6.72. The number of hydrogen-bond acceptors (Lipinski definition) is 4. The summed E-state index contributed by atoms with van der Waals surface area (Å²) in [5, 5.41) is 10.4.